The Kier molecular flexibility index (Phi) is 4.54. The van der Waals surface area contributed by atoms with Gasteiger partial charge in [-0.3, -0.25) is 16.1 Å². The fraction of sp³-hybridized carbons (Fsp3) is 0.150. The molecule has 2 aromatic carbocycles. The molecule has 0 atom stereocenters. The van der Waals surface area contributed by atoms with Gasteiger partial charge in [0.15, 0.2) is 0 Å². The molecule has 4 rings (SSSR count). The van der Waals surface area contributed by atoms with Crippen molar-refractivity contribution in [3.8, 4) is 17.0 Å². The summed E-state index contributed by atoms with van der Waals surface area (Å²) in [5.74, 6) is 0.965. The van der Waals surface area contributed by atoms with Gasteiger partial charge in [0.2, 0.25) is 5.95 Å². The third kappa shape index (κ3) is 2.99. The molecule has 8 nitrogen and oxygen atoms in total. The standard InChI is InChI=1S/C20H20N6O2/c1-28-18-8-3-2-5-15(18)17-11-26(20(22)23-17)24-16-10-9-12-13(16)6-4-7-14(12)19(21)25-27/h2-8,11,27H,9-10H2,1H3,(H2,21,25)(H2,22,23). The molecule has 0 fully saturated rings. The van der Waals surface area contributed by atoms with Gasteiger partial charge < -0.3 is 10.5 Å². The molecule has 0 spiro atoms. The molecule has 0 amide bonds. The van der Waals surface area contributed by atoms with Crippen molar-refractivity contribution < 1.29 is 9.94 Å². The van der Waals surface area contributed by atoms with E-state index in [9.17, 15) is 0 Å². The van der Waals surface area contributed by atoms with Gasteiger partial charge in [-0.05, 0) is 30.5 Å². The van der Waals surface area contributed by atoms with Crippen molar-refractivity contribution in [2.45, 2.75) is 12.8 Å². The van der Waals surface area contributed by atoms with E-state index in [-0.39, 0.29) is 11.8 Å². The molecule has 0 aliphatic heterocycles. The van der Waals surface area contributed by atoms with E-state index in [4.69, 9.17) is 21.1 Å². The summed E-state index contributed by atoms with van der Waals surface area (Å²) >= 11 is 0. The van der Waals surface area contributed by atoms with Gasteiger partial charge in [0.25, 0.3) is 0 Å². The first-order chi connectivity index (χ1) is 13.6. The first kappa shape index (κ1) is 17.7. The van der Waals surface area contributed by atoms with Crippen LogP contribution in [0.1, 0.15) is 23.1 Å². The largest absolute Gasteiger partial charge is 0.496 e. The lowest BCUT2D eigenvalue weighted by Crippen LogP contribution is -2.20. The number of rotatable bonds is 4. The second-order valence-corrected chi connectivity index (χ2v) is 6.39. The SMILES string of the molecule is COc1ccccc1-c1cn(N=C2CCc3c(C(=N)NO)cccc32)c(N)n1. The van der Waals surface area contributed by atoms with Gasteiger partial charge in [0.05, 0.1) is 24.7 Å². The van der Waals surface area contributed by atoms with Crippen LogP contribution in [-0.2, 0) is 6.42 Å². The molecule has 0 saturated heterocycles. The summed E-state index contributed by atoms with van der Waals surface area (Å²) in [7, 11) is 1.62. The number of hydrogen-bond donors (Lipinski definition) is 4. The quantitative estimate of drug-likeness (QED) is 0.317. The van der Waals surface area contributed by atoms with Crippen LogP contribution in [0, 0.1) is 5.41 Å². The van der Waals surface area contributed by atoms with E-state index >= 15 is 0 Å². The lowest BCUT2D eigenvalue weighted by atomic mass is 10.0. The highest BCUT2D eigenvalue weighted by Gasteiger charge is 2.23. The number of nitrogens with one attached hydrogen (secondary N) is 2. The molecular weight excluding hydrogens is 356 g/mol. The van der Waals surface area contributed by atoms with E-state index in [1.54, 1.807) is 24.0 Å². The van der Waals surface area contributed by atoms with Crippen LogP contribution >= 0.6 is 0 Å². The Bertz CT molecular complexity index is 1090. The number of methoxy groups -OCH3 is 1. The minimum atomic E-state index is -0.0290. The smallest absolute Gasteiger partial charge is 0.221 e. The molecule has 0 saturated carbocycles. The summed E-state index contributed by atoms with van der Waals surface area (Å²) < 4.78 is 6.97. The maximum Gasteiger partial charge on any atom is 0.221 e. The predicted molar refractivity (Wildman–Crippen MR) is 107 cm³/mol. The van der Waals surface area contributed by atoms with Crippen molar-refractivity contribution in [1.29, 1.82) is 5.41 Å². The van der Waals surface area contributed by atoms with Gasteiger partial charge in [-0.25, -0.2) is 9.66 Å². The third-order valence-corrected chi connectivity index (χ3v) is 4.81. The maximum atomic E-state index is 9.07. The molecule has 3 aromatic rings. The number of ether oxygens (including phenoxy) is 1. The number of aromatic nitrogens is 2. The van der Waals surface area contributed by atoms with Gasteiger partial charge in [-0.1, -0.05) is 30.3 Å². The van der Waals surface area contributed by atoms with Crippen LogP contribution in [0.3, 0.4) is 0 Å². The number of imidazole rings is 1. The molecule has 1 heterocycles. The number of amidine groups is 1. The van der Waals surface area contributed by atoms with Gasteiger partial charge in [0, 0.05) is 16.7 Å². The Balaban J connectivity index is 1.73. The van der Waals surface area contributed by atoms with Gasteiger partial charge in [-0.2, -0.15) is 5.10 Å². The topological polar surface area (TPSA) is 122 Å². The average molecular weight is 376 g/mol. The van der Waals surface area contributed by atoms with Gasteiger partial charge >= 0.3 is 0 Å². The molecule has 0 bridgehead atoms. The van der Waals surface area contributed by atoms with Crippen molar-refractivity contribution in [2.75, 3.05) is 12.8 Å². The number of nitrogens with two attached hydrogens (primary N) is 1. The first-order valence-corrected chi connectivity index (χ1v) is 8.79. The molecule has 0 radical (unpaired) electrons. The van der Waals surface area contributed by atoms with Crippen LogP contribution in [0.5, 0.6) is 5.75 Å². The van der Waals surface area contributed by atoms with Crippen molar-refractivity contribution in [1.82, 2.24) is 15.1 Å². The minimum absolute atomic E-state index is 0.0290. The zero-order chi connectivity index (χ0) is 19.7. The van der Waals surface area contributed by atoms with Crippen LogP contribution in [0.2, 0.25) is 0 Å². The van der Waals surface area contributed by atoms with Gasteiger partial charge in [-0.15, -0.1) is 0 Å². The van der Waals surface area contributed by atoms with E-state index < -0.39 is 0 Å². The van der Waals surface area contributed by atoms with Crippen molar-refractivity contribution >= 4 is 17.5 Å². The molecule has 1 aliphatic rings. The molecule has 28 heavy (non-hydrogen) atoms. The summed E-state index contributed by atoms with van der Waals surface area (Å²) in [6.07, 6.45) is 3.23. The number of nitrogen functional groups attached to an aromatic ring is 1. The number of nitrogens with zero attached hydrogens (tertiary/aromatic N) is 3. The van der Waals surface area contributed by atoms with Crippen LogP contribution < -0.4 is 16.0 Å². The van der Waals surface area contributed by atoms with Crippen LogP contribution in [-0.4, -0.2) is 33.5 Å². The number of benzene rings is 2. The summed E-state index contributed by atoms with van der Waals surface area (Å²) in [4.78, 5) is 4.42. The van der Waals surface area contributed by atoms with E-state index in [0.717, 1.165) is 28.8 Å². The number of hydrogen-bond acceptors (Lipinski definition) is 6. The molecule has 1 aliphatic carbocycles. The highest BCUT2D eigenvalue weighted by Crippen LogP contribution is 2.30. The zero-order valence-electron chi connectivity index (χ0n) is 15.3. The highest BCUT2D eigenvalue weighted by atomic mass is 16.5. The Labute approximate surface area is 161 Å². The second-order valence-electron chi connectivity index (χ2n) is 6.39. The van der Waals surface area contributed by atoms with E-state index in [0.29, 0.717) is 23.4 Å². The van der Waals surface area contributed by atoms with Gasteiger partial charge in [0.1, 0.15) is 11.6 Å². The van der Waals surface area contributed by atoms with Crippen LogP contribution in [0.15, 0.2) is 53.8 Å². The lowest BCUT2D eigenvalue weighted by Gasteiger charge is -2.08. The van der Waals surface area contributed by atoms with Crippen molar-refractivity contribution in [3.05, 3.63) is 65.4 Å². The number of fused-ring (bicyclic) bond motifs is 1. The average Bonchev–Trinajstić information content (AvgIpc) is 3.31. The fourth-order valence-electron chi connectivity index (χ4n) is 3.48. The Morgan fingerprint density at radius 3 is 2.79 bits per heavy atom. The molecule has 142 valence electrons. The Morgan fingerprint density at radius 1 is 1.21 bits per heavy atom. The third-order valence-electron chi connectivity index (χ3n) is 4.81. The molecule has 5 N–H and O–H groups in total. The van der Waals surface area contributed by atoms with Crippen LogP contribution in [0.25, 0.3) is 11.3 Å². The summed E-state index contributed by atoms with van der Waals surface area (Å²) in [5.41, 5.74) is 13.0. The zero-order valence-corrected chi connectivity index (χ0v) is 15.3. The number of hydroxylamine groups is 1. The molecule has 8 heteroatoms. The van der Waals surface area contributed by atoms with E-state index in [1.165, 1.54) is 0 Å². The normalized spacial score (nSPS) is 14.1. The second kappa shape index (κ2) is 7.16. The monoisotopic (exact) mass is 376 g/mol. The van der Waals surface area contributed by atoms with Crippen molar-refractivity contribution in [2.24, 2.45) is 5.10 Å². The van der Waals surface area contributed by atoms with E-state index in [1.807, 2.05) is 41.9 Å². The molecule has 0 unspecified atom stereocenters. The summed E-state index contributed by atoms with van der Waals surface area (Å²) in [6, 6.07) is 13.2. The first-order valence-electron chi connectivity index (χ1n) is 8.79. The fourth-order valence-corrected chi connectivity index (χ4v) is 3.48. The van der Waals surface area contributed by atoms with E-state index in [2.05, 4.69) is 10.1 Å². The predicted octanol–water partition coefficient (Wildman–Crippen LogP) is 2.64. The maximum absolute atomic E-state index is 9.07. The van der Waals surface area contributed by atoms with Crippen LogP contribution in [0.4, 0.5) is 5.95 Å². The molecular formula is C20H20N6O2. The number of para-hydroxylation sites is 1. The Hall–Kier alpha value is -3.65. The Morgan fingerprint density at radius 2 is 2.00 bits per heavy atom. The van der Waals surface area contributed by atoms with Crippen molar-refractivity contribution in [3.63, 3.8) is 0 Å². The lowest BCUT2D eigenvalue weighted by molar-refractivity contribution is 0.234. The summed E-state index contributed by atoms with van der Waals surface area (Å²) in [6.45, 7) is 0. The number of anilines is 1. The summed E-state index contributed by atoms with van der Waals surface area (Å²) in [5, 5.41) is 21.6. The minimum Gasteiger partial charge on any atom is -0.496 e. The molecule has 1 aromatic heterocycles. The highest BCUT2D eigenvalue weighted by molar-refractivity contribution is 6.08.